The van der Waals surface area contributed by atoms with Crippen LogP contribution in [0.2, 0.25) is 0 Å². The van der Waals surface area contributed by atoms with E-state index < -0.39 is 0 Å². The number of anilines is 1. The average Bonchev–Trinajstić information content (AvgIpc) is 2.24. The van der Waals surface area contributed by atoms with E-state index in [4.69, 9.17) is 0 Å². The van der Waals surface area contributed by atoms with Gasteiger partial charge in [0.1, 0.15) is 5.82 Å². The lowest BCUT2D eigenvalue weighted by Crippen LogP contribution is -2.18. The van der Waals surface area contributed by atoms with E-state index in [0.717, 1.165) is 17.3 Å². The van der Waals surface area contributed by atoms with Crippen molar-refractivity contribution in [2.75, 3.05) is 11.1 Å². The quantitative estimate of drug-likeness (QED) is 0.851. The highest BCUT2D eigenvalue weighted by molar-refractivity contribution is 9.10. The Morgan fingerprint density at radius 3 is 3.06 bits per heavy atom. The van der Waals surface area contributed by atoms with E-state index in [0.29, 0.717) is 16.2 Å². The van der Waals surface area contributed by atoms with Crippen molar-refractivity contribution in [2.24, 2.45) is 4.99 Å². The summed E-state index contributed by atoms with van der Waals surface area (Å²) < 4.78 is 14.3. The molecule has 0 saturated heterocycles. The molecule has 0 spiro atoms. The SMILES string of the molecule is CC1CCSC(Nc2c(F)cccc2Br)=N1. The lowest BCUT2D eigenvalue weighted by Gasteiger charge is -2.18. The molecule has 16 heavy (non-hydrogen) atoms. The summed E-state index contributed by atoms with van der Waals surface area (Å²) in [6, 6.07) is 5.23. The van der Waals surface area contributed by atoms with E-state index in [9.17, 15) is 4.39 Å². The van der Waals surface area contributed by atoms with Crippen LogP contribution in [0.3, 0.4) is 0 Å². The molecule has 1 heterocycles. The number of rotatable bonds is 1. The maximum absolute atomic E-state index is 13.5. The standard InChI is InChI=1S/C11H12BrFN2S/c1-7-5-6-16-11(14-7)15-10-8(12)3-2-4-9(10)13/h2-4,7H,5-6H2,1H3,(H,14,15). The molecule has 1 unspecified atom stereocenters. The summed E-state index contributed by atoms with van der Waals surface area (Å²) in [5.74, 6) is 0.759. The lowest BCUT2D eigenvalue weighted by molar-refractivity contribution is 0.631. The topological polar surface area (TPSA) is 24.4 Å². The molecule has 0 amide bonds. The first-order valence-electron chi connectivity index (χ1n) is 5.08. The van der Waals surface area contributed by atoms with Gasteiger partial charge in [-0.2, -0.15) is 0 Å². The number of para-hydroxylation sites is 1. The second kappa shape index (κ2) is 5.19. The number of halogens is 2. The second-order valence-corrected chi connectivity index (χ2v) is 5.58. The molecule has 0 fully saturated rings. The summed E-state index contributed by atoms with van der Waals surface area (Å²) in [5, 5.41) is 3.83. The first kappa shape index (κ1) is 11.9. The van der Waals surface area contributed by atoms with Gasteiger partial charge in [-0.1, -0.05) is 17.8 Å². The third kappa shape index (κ3) is 2.77. The Hall–Kier alpha value is -0.550. The number of nitrogens with zero attached hydrogens (tertiary/aromatic N) is 1. The van der Waals surface area contributed by atoms with Gasteiger partial charge in [-0.05, 0) is 41.4 Å². The molecule has 0 saturated carbocycles. The summed E-state index contributed by atoms with van der Waals surface area (Å²) in [4.78, 5) is 4.44. The summed E-state index contributed by atoms with van der Waals surface area (Å²) in [5.41, 5.74) is 0.461. The fraction of sp³-hybridized carbons (Fsp3) is 0.364. The first-order chi connectivity index (χ1) is 7.66. The zero-order valence-electron chi connectivity index (χ0n) is 8.84. The van der Waals surface area contributed by atoms with Gasteiger partial charge < -0.3 is 5.32 Å². The van der Waals surface area contributed by atoms with Crippen LogP contribution in [0.15, 0.2) is 27.7 Å². The Kier molecular flexibility index (Phi) is 3.86. The van der Waals surface area contributed by atoms with Gasteiger partial charge in [-0.3, -0.25) is 4.99 Å². The van der Waals surface area contributed by atoms with Gasteiger partial charge in [0.2, 0.25) is 0 Å². The molecule has 1 N–H and O–H groups in total. The number of nitrogens with one attached hydrogen (secondary N) is 1. The van der Waals surface area contributed by atoms with Gasteiger partial charge in [0.05, 0.1) is 11.7 Å². The predicted octanol–water partition coefficient (Wildman–Crippen LogP) is 3.88. The van der Waals surface area contributed by atoms with Gasteiger partial charge >= 0.3 is 0 Å². The van der Waals surface area contributed by atoms with Crippen molar-refractivity contribution in [1.82, 2.24) is 0 Å². The van der Waals surface area contributed by atoms with Crippen molar-refractivity contribution in [3.8, 4) is 0 Å². The molecule has 1 aromatic carbocycles. The van der Waals surface area contributed by atoms with Crippen LogP contribution in [0.1, 0.15) is 13.3 Å². The van der Waals surface area contributed by atoms with Crippen LogP contribution >= 0.6 is 27.7 Å². The largest absolute Gasteiger partial charge is 0.332 e. The van der Waals surface area contributed by atoms with Crippen molar-refractivity contribution in [3.05, 3.63) is 28.5 Å². The summed E-state index contributed by atoms with van der Waals surface area (Å²) in [6.45, 7) is 2.07. The summed E-state index contributed by atoms with van der Waals surface area (Å²) in [6.07, 6.45) is 1.08. The molecular formula is C11H12BrFN2S. The van der Waals surface area contributed by atoms with Crippen molar-refractivity contribution in [2.45, 2.75) is 19.4 Å². The molecule has 86 valence electrons. The summed E-state index contributed by atoms with van der Waals surface area (Å²) in [7, 11) is 0. The molecule has 0 bridgehead atoms. The molecule has 2 nitrogen and oxygen atoms in total. The smallest absolute Gasteiger partial charge is 0.161 e. The molecule has 0 aromatic heterocycles. The van der Waals surface area contributed by atoms with Crippen LogP contribution in [-0.2, 0) is 0 Å². The van der Waals surface area contributed by atoms with Gasteiger partial charge in [0, 0.05) is 10.2 Å². The van der Waals surface area contributed by atoms with Gasteiger partial charge in [-0.15, -0.1) is 0 Å². The molecule has 0 aliphatic carbocycles. The maximum atomic E-state index is 13.5. The molecule has 0 radical (unpaired) electrons. The maximum Gasteiger partial charge on any atom is 0.161 e. The molecule has 2 rings (SSSR count). The Balaban J connectivity index is 2.20. The van der Waals surface area contributed by atoms with E-state index in [1.54, 1.807) is 17.8 Å². The minimum Gasteiger partial charge on any atom is -0.332 e. The Morgan fingerprint density at radius 1 is 1.56 bits per heavy atom. The Morgan fingerprint density at radius 2 is 2.38 bits per heavy atom. The normalized spacial score (nSPS) is 20.4. The zero-order valence-corrected chi connectivity index (χ0v) is 11.2. The Bertz CT molecular complexity index is 402. The number of hydrogen-bond acceptors (Lipinski definition) is 3. The third-order valence-electron chi connectivity index (χ3n) is 2.31. The van der Waals surface area contributed by atoms with Crippen LogP contribution in [0.5, 0.6) is 0 Å². The number of hydrogen-bond donors (Lipinski definition) is 1. The van der Waals surface area contributed by atoms with Crippen molar-refractivity contribution in [1.29, 1.82) is 0 Å². The van der Waals surface area contributed by atoms with E-state index in [-0.39, 0.29) is 5.82 Å². The molecule has 1 aliphatic heterocycles. The molecule has 1 aliphatic rings. The fourth-order valence-corrected chi connectivity index (χ4v) is 2.94. The van der Waals surface area contributed by atoms with Crippen molar-refractivity contribution in [3.63, 3.8) is 0 Å². The van der Waals surface area contributed by atoms with E-state index in [1.807, 2.05) is 6.07 Å². The van der Waals surface area contributed by atoms with Crippen LogP contribution in [-0.4, -0.2) is 17.0 Å². The molecule has 1 aromatic rings. The number of amidine groups is 1. The van der Waals surface area contributed by atoms with Gasteiger partial charge in [0.15, 0.2) is 5.17 Å². The zero-order chi connectivity index (χ0) is 11.5. The van der Waals surface area contributed by atoms with Gasteiger partial charge in [-0.25, -0.2) is 4.39 Å². The molecule has 5 heteroatoms. The van der Waals surface area contributed by atoms with Crippen LogP contribution < -0.4 is 5.32 Å². The predicted molar refractivity (Wildman–Crippen MR) is 71.7 cm³/mol. The second-order valence-electron chi connectivity index (χ2n) is 3.64. The first-order valence-corrected chi connectivity index (χ1v) is 6.86. The number of thioether (sulfide) groups is 1. The van der Waals surface area contributed by atoms with Crippen LogP contribution in [0.4, 0.5) is 10.1 Å². The Labute approximate surface area is 107 Å². The minimum atomic E-state index is -0.268. The summed E-state index contributed by atoms with van der Waals surface area (Å²) >= 11 is 4.95. The highest BCUT2D eigenvalue weighted by Gasteiger charge is 2.14. The monoisotopic (exact) mass is 302 g/mol. The number of aliphatic imine (C=N–C) groups is 1. The van der Waals surface area contributed by atoms with Crippen molar-refractivity contribution >= 4 is 38.5 Å². The van der Waals surface area contributed by atoms with E-state index in [2.05, 4.69) is 33.2 Å². The fourth-order valence-electron chi connectivity index (χ4n) is 1.42. The lowest BCUT2D eigenvalue weighted by atomic mass is 10.3. The number of benzene rings is 1. The third-order valence-corrected chi connectivity index (χ3v) is 3.89. The molecular weight excluding hydrogens is 291 g/mol. The minimum absolute atomic E-state index is 0.268. The van der Waals surface area contributed by atoms with Crippen molar-refractivity contribution < 1.29 is 4.39 Å². The highest BCUT2D eigenvalue weighted by atomic mass is 79.9. The van der Waals surface area contributed by atoms with Gasteiger partial charge in [0.25, 0.3) is 0 Å². The van der Waals surface area contributed by atoms with Crippen LogP contribution in [0, 0.1) is 5.82 Å². The van der Waals surface area contributed by atoms with Crippen LogP contribution in [0.25, 0.3) is 0 Å². The average molecular weight is 303 g/mol. The van der Waals surface area contributed by atoms with E-state index >= 15 is 0 Å². The molecule has 1 atom stereocenters. The highest BCUT2D eigenvalue weighted by Crippen LogP contribution is 2.27. The van der Waals surface area contributed by atoms with E-state index in [1.165, 1.54) is 6.07 Å².